The van der Waals surface area contributed by atoms with E-state index < -0.39 is 18.4 Å². The number of hydrogen-bond acceptors (Lipinski definition) is 5. The van der Waals surface area contributed by atoms with Gasteiger partial charge in [-0.2, -0.15) is 0 Å². The molecule has 4 aliphatic rings. The van der Waals surface area contributed by atoms with Gasteiger partial charge in [0.2, 0.25) is 5.91 Å². The first-order valence-corrected chi connectivity index (χ1v) is 12.1. The molecule has 2 N–H and O–H groups in total. The number of hydrogen-bond donors (Lipinski definition) is 2. The van der Waals surface area contributed by atoms with Crippen LogP contribution in [0.25, 0.3) is 0 Å². The number of ketones is 1. The second-order valence-electron chi connectivity index (χ2n) is 10.7. The third-order valence-electron chi connectivity index (χ3n) is 9.14. The van der Waals surface area contributed by atoms with E-state index in [4.69, 9.17) is 9.84 Å². The third kappa shape index (κ3) is 4.11. The van der Waals surface area contributed by atoms with E-state index in [1.165, 1.54) is 5.57 Å². The highest BCUT2D eigenvalue weighted by atomic mass is 16.5. The molecular weight excluding hydrogens is 410 g/mol. The zero-order chi connectivity index (χ0) is 23.1. The molecule has 4 aliphatic carbocycles. The van der Waals surface area contributed by atoms with Gasteiger partial charge in [0.1, 0.15) is 12.6 Å². The van der Waals surface area contributed by atoms with Gasteiger partial charge >= 0.3 is 11.9 Å². The number of rotatable bonds is 6. The zero-order valence-corrected chi connectivity index (χ0v) is 19.2. The maximum atomic E-state index is 12.5. The van der Waals surface area contributed by atoms with Gasteiger partial charge in [-0.1, -0.05) is 19.4 Å². The Morgan fingerprint density at radius 3 is 2.59 bits per heavy atom. The van der Waals surface area contributed by atoms with Gasteiger partial charge in [-0.15, -0.1) is 0 Å². The zero-order valence-electron chi connectivity index (χ0n) is 19.2. The van der Waals surface area contributed by atoms with Crippen molar-refractivity contribution in [1.82, 2.24) is 5.32 Å². The molecule has 0 radical (unpaired) electrons. The van der Waals surface area contributed by atoms with E-state index in [1.54, 1.807) is 0 Å². The van der Waals surface area contributed by atoms with Crippen LogP contribution in [0.15, 0.2) is 11.6 Å². The van der Waals surface area contributed by atoms with Crippen molar-refractivity contribution in [2.24, 2.45) is 28.6 Å². The molecule has 7 heteroatoms. The molecule has 7 nitrogen and oxygen atoms in total. The molecule has 4 rings (SSSR count). The van der Waals surface area contributed by atoms with E-state index >= 15 is 0 Å². The highest BCUT2D eigenvalue weighted by molar-refractivity contribution is 5.91. The summed E-state index contributed by atoms with van der Waals surface area (Å²) < 4.78 is 5.89. The van der Waals surface area contributed by atoms with Gasteiger partial charge in [0.25, 0.3) is 0 Å². The third-order valence-corrected chi connectivity index (χ3v) is 9.14. The fourth-order valence-electron chi connectivity index (χ4n) is 7.40. The number of carboxylic acid groups (broad SMARTS) is 1. The van der Waals surface area contributed by atoms with Crippen LogP contribution in [0, 0.1) is 28.6 Å². The molecular formula is C25H35NO6. The molecule has 176 valence electrons. The summed E-state index contributed by atoms with van der Waals surface area (Å²) in [6.45, 7) is 4.20. The Morgan fingerprint density at radius 1 is 1.06 bits per heavy atom. The van der Waals surface area contributed by atoms with Crippen LogP contribution < -0.4 is 5.32 Å². The van der Waals surface area contributed by atoms with Gasteiger partial charge in [0, 0.05) is 18.3 Å². The van der Waals surface area contributed by atoms with Crippen LogP contribution in [-0.4, -0.2) is 41.4 Å². The number of carbonyl (C=O) groups excluding carboxylic acids is 3. The Hall–Kier alpha value is -2.18. The first-order valence-electron chi connectivity index (χ1n) is 12.1. The Labute approximate surface area is 189 Å². The molecule has 0 bridgehead atoms. The summed E-state index contributed by atoms with van der Waals surface area (Å²) in [7, 11) is 0. The molecule has 1 amide bonds. The normalized spacial score (nSPS) is 38.1. The van der Waals surface area contributed by atoms with Gasteiger partial charge in [-0.05, 0) is 74.2 Å². The van der Waals surface area contributed by atoms with Gasteiger partial charge < -0.3 is 15.2 Å². The molecule has 6 atom stereocenters. The number of fused-ring (bicyclic) bond motifs is 5. The van der Waals surface area contributed by atoms with E-state index in [0.717, 1.165) is 44.9 Å². The number of nitrogens with one attached hydrogen (secondary N) is 1. The lowest BCUT2D eigenvalue weighted by molar-refractivity contribution is -0.160. The highest BCUT2D eigenvalue weighted by Crippen LogP contribution is 2.65. The molecule has 0 unspecified atom stereocenters. The second kappa shape index (κ2) is 8.64. The van der Waals surface area contributed by atoms with Gasteiger partial charge in [-0.25, -0.2) is 0 Å². The van der Waals surface area contributed by atoms with E-state index in [9.17, 15) is 19.2 Å². The quantitative estimate of drug-likeness (QED) is 0.607. The number of carboxylic acids is 1. The van der Waals surface area contributed by atoms with Gasteiger partial charge in [-0.3, -0.25) is 19.2 Å². The summed E-state index contributed by atoms with van der Waals surface area (Å²) >= 11 is 0. The number of carbonyl (C=O) groups is 4. The molecule has 0 heterocycles. The lowest BCUT2D eigenvalue weighted by Crippen LogP contribution is -2.51. The topological polar surface area (TPSA) is 110 Å². The molecule has 3 saturated carbocycles. The number of amides is 1. The van der Waals surface area contributed by atoms with Gasteiger partial charge in [0.05, 0.1) is 6.42 Å². The number of ether oxygens (including phenoxy) is 1. The predicted molar refractivity (Wildman–Crippen MR) is 116 cm³/mol. The predicted octanol–water partition coefficient (Wildman–Crippen LogP) is 3.41. The Balaban J connectivity index is 1.37. The summed E-state index contributed by atoms with van der Waals surface area (Å²) in [6.07, 6.45) is 9.50. The largest absolute Gasteiger partial charge is 0.480 e. The molecule has 32 heavy (non-hydrogen) atoms. The molecule has 0 spiro atoms. The maximum Gasteiger partial charge on any atom is 0.322 e. The van der Waals surface area contributed by atoms with Crippen molar-refractivity contribution >= 4 is 23.6 Å². The van der Waals surface area contributed by atoms with E-state index in [2.05, 4.69) is 19.2 Å². The Morgan fingerprint density at radius 2 is 1.84 bits per heavy atom. The van der Waals surface area contributed by atoms with E-state index in [-0.39, 0.29) is 41.5 Å². The molecule has 0 aromatic heterocycles. The van der Waals surface area contributed by atoms with Crippen molar-refractivity contribution in [3.05, 3.63) is 11.6 Å². The Bertz CT molecular complexity index is 849. The summed E-state index contributed by atoms with van der Waals surface area (Å²) in [4.78, 5) is 46.7. The van der Waals surface area contributed by atoms with E-state index in [0.29, 0.717) is 24.2 Å². The van der Waals surface area contributed by atoms with Crippen molar-refractivity contribution in [1.29, 1.82) is 0 Å². The lowest BCUT2D eigenvalue weighted by atomic mass is 9.47. The SMILES string of the molecule is C[C@]12CC[C@@H]3[C@H](CCC4=CC(=O)CC[C@@]43C)[C@H]1CC[C@H]2OC(=O)CCC(=O)NCC(=O)O. The van der Waals surface area contributed by atoms with Crippen LogP contribution in [-0.2, 0) is 23.9 Å². The van der Waals surface area contributed by atoms with Crippen molar-refractivity contribution < 1.29 is 29.0 Å². The van der Waals surface area contributed by atoms with Crippen molar-refractivity contribution in [2.75, 3.05) is 6.54 Å². The van der Waals surface area contributed by atoms with Crippen molar-refractivity contribution in [3.63, 3.8) is 0 Å². The van der Waals surface area contributed by atoms with Gasteiger partial charge in [0.15, 0.2) is 5.78 Å². The van der Waals surface area contributed by atoms with Crippen LogP contribution in [0.5, 0.6) is 0 Å². The van der Waals surface area contributed by atoms with Crippen LogP contribution in [0.2, 0.25) is 0 Å². The number of aliphatic carboxylic acids is 1. The molecule has 0 saturated heterocycles. The monoisotopic (exact) mass is 445 g/mol. The minimum Gasteiger partial charge on any atom is -0.480 e. The highest BCUT2D eigenvalue weighted by Gasteiger charge is 2.59. The molecule has 0 aromatic carbocycles. The minimum atomic E-state index is -1.11. The second-order valence-corrected chi connectivity index (χ2v) is 10.7. The average Bonchev–Trinajstić information content (AvgIpc) is 3.07. The van der Waals surface area contributed by atoms with Crippen LogP contribution in [0.1, 0.15) is 78.1 Å². The average molecular weight is 446 g/mol. The number of allylic oxidation sites excluding steroid dienone is 1. The first kappa shape index (κ1) is 23.0. The van der Waals surface area contributed by atoms with Crippen LogP contribution >= 0.6 is 0 Å². The smallest absolute Gasteiger partial charge is 0.322 e. The van der Waals surface area contributed by atoms with Crippen molar-refractivity contribution in [3.8, 4) is 0 Å². The molecule has 0 aliphatic heterocycles. The summed E-state index contributed by atoms with van der Waals surface area (Å²) in [5, 5.41) is 10.9. The fraction of sp³-hybridized carbons (Fsp3) is 0.760. The summed E-state index contributed by atoms with van der Waals surface area (Å²) in [5.41, 5.74) is 1.46. The number of esters is 1. The molecule has 3 fully saturated rings. The summed E-state index contributed by atoms with van der Waals surface area (Å²) in [6, 6.07) is 0. The van der Waals surface area contributed by atoms with Crippen LogP contribution in [0.4, 0.5) is 0 Å². The standard InChI is InChI=1S/C25H35NO6/c1-24-11-9-16(27)13-15(24)3-4-17-18-5-6-20(25(18,2)12-10-19(17)24)32-23(31)8-7-21(28)26-14-22(29)30/h13,17-20H,3-12,14H2,1-2H3,(H,26,28)(H,29,30)/t17-,18-,19-,20-,24+,25+/m1/s1. The van der Waals surface area contributed by atoms with Crippen molar-refractivity contribution in [2.45, 2.75) is 84.2 Å². The lowest BCUT2D eigenvalue weighted by Gasteiger charge is -2.57. The van der Waals surface area contributed by atoms with E-state index in [1.807, 2.05) is 6.08 Å². The van der Waals surface area contributed by atoms with Crippen LogP contribution in [0.3, 0.4) is 0 Å². The fourth-order valence-corrected chi connectivity index (χ4v) is 7.40. The first-order chi connectivity index (χ1) is 15.1. The molecule has 0 aromatic rings. The Kier molecular flexibility index (Phi) is 6.21. The maximum absolute atomic E-state index is 12.5. The summed E-state index contributed by atoms with van der Waals surface area (Å²) in [5.74, 6) is 0.0628. The minimum absolute atomic E-state index is 0.0327.